The normalized spacial score (nSPS) is 17.0. The lowest BCUT2D eigenvalue weighted by molar-refractivity contribution is -0.137. The molecule has 1 fully saturated rings. The quantitative estimate of drug-likeness (QED) is 0.555. The summed E-state index contributed by atoms with van der Waals surface area (Å²) in [5.41, 5.74) is 2.78. The van der Waals surface area contributed by atoms with Gasteiger partial charge in [0.15, 0.2) is 0 Å². The summed E-state index contributed by atoms with van der Waals surface area (Å²) in [5.74, 6) is -0.121. The van der Waals surface area contributed by atoms with E-state index in [1.807, 2.05) is 48.0 Å². The van der Waals surface area contributed by atoms with Crippen LogP contribution in [0.25, 0.3) is 5.69 Å². The van der Waals surface area contributed by atoms with Crippen molar-refractivity contribution in [2.24, 2.45) is 0 Å². The smallest absolute Gasteiger partial charge is 0.343 e. The average Bonchev–Trinajstić information content (AvgIpc) is 3.18. The molecule has 1 aromatic heterocycles. The monoisotopic (exact) mass is 471 g/mol. The van der Waals surface area contributed by atoms with Crippen molar-refractivity contribution < 1.29 is 18.0 Å². The molecule has 2 aromatic carbocycles. The molecule has 1 atom stereocenters. The van der Waals surface area contributed by atoms with E-state index in [4.69, 9.17) is 0 Å². The van der Waals surface area contributed by atoms with E-state index in [1.54, 1.807) is 0 Å². The molecule has 1 amide bonds. The number of aromatic nitrogens is 2. The summed E-state index contributed by atoms with van der Waals surface area (Å²) >= 11 is 0. The minimum absolute atomic E-state index is 0.0744. The Bertz CT molecular complexity index is 1100. The predicted octanol–water partition coefficient (Wildman–Crippen LogP) is 3.33. The number of rotatable bonds is 7. The van der Waals surface area contributed by atoms with Crippen LogP contribution in [0.4, 0.5) is 13.2 Å². The van der Waals surface area contributed by atoms with Crippen LogP contribution in [0.1, 0.15) is 22.5 Å². The Hall–Kier alpha value is -3.17. The number of carbonyl (C=O) groups is 1. The molecule has 1 aliphatic heterocycles. The van der Waals surface area contributed by atoms with Gasteiger partial charge in [-0.1, -0.05) is 30.3 Å². The number of nitrogens with one attached hydrogen (secondary N) is 2. The molecular weight excluding hydrogens is 443 g/mol. The topological polar surface area (TPSA) is 62.2 Å². The summed E-state index contributed by atoms with van der Waals surface area (Å²) in [7, 11) is 0. The molecule has 0 saturated carbocycles. The van der Waals surface area contributed by atoms with Gasteiger partial charge in [0, 0.05) is 31.4 Å². The third-order valence-corrected chi connectivity index (χ3v) is 5.98. The Morgan fingerprint density at radius 1 is 1.15 bits per heavy atom. The van der Waals surface area contributed by atoms with E-state index >= 15 is 0 Å². The summed E-state index contributed by atoms with van der Waals surface area (Å²) in [6, 6.07) is 17.0. The molecular formula is C25H28F3N5O. The van der Waals surface area contributed by atoms with Crippen molar-refractivity contribution in [1.82, 2.24) is 25.3 Å². The van der Waals surface area contributed by atoms with E-state index in [9.17, 15) is 18.0 Å². The molecule has 2 heterocycles. The van der Waals surface area contributed by atoms with Gasteiger partial charge in [0.05, 0.1) is 30.0 Å². The summed E-state index contributed by atoms with van der Waals surface area (Å²) in [6.45, 7) is 4.57. The highest BCUT2D eigenvalue weighted by Gasteiger charge is 2.30. The second-order valence-corrected chi connectivity index (χ2v) is 8.53. The van der Waals surface area contributed by atoms with Gasteiger partial charge in [-0.2, -0.15) is 18.3 Å². The molecule has 0 bridgehead atoms. The van der Waals surface area contributed by atoms with Gasteiger partial charge in [0.1, 0.15) is 0 Å². The fraction of sp³-hybridized carbons (Fsp3) is 0.360. The van der Waals surface area contributed by atoms with Crippen LogP contribution in [0.2, 0.25) is 0 Å². The highest BCUT2D eigenvalue weighted by molar-refractivity contribution is 5.78. The molecule has 0 radical (unpaired) electrons. The van der Waals surface area contributed by atoms with Crippen molar-refractivity contribution in [2.75, 3.05) is 26.3 Å². The lowest BCUT2D eigenvalue weighted by Gasteiger charge is -2.36. The van der Waals surface area contributed by atoms with Crippen LogP contribution in [-0.2, 0) is 23.8 Å². The standard InChI is InChI=1S/C25H28F3N5O/c1-18-13-21(31-33(18)22-5-3-2-4-6-22)15-24(34)30-17-32-12-11-29-16-23(32)14-19-7-9-20(10-8-19)25(26,27)28/h2-10,13,23,29H,11-12,14-17H2,1H3,(H,30,34). The van der Waals surface area contributed by atoms with E-state index < -0.39 is 11.7 Å². The average molecular weight is 472 g/mol. The maximum absolute atomic E-state index is 12.8. The molecule has 4 rings (SSSR count). The molecule has 180 valence electrons. The maximum atomic E-state index is 12.8. The first-order chi connectivity index (χ1) is 16.3. The summed E-state index contributed by atoms with van der Waals surface area (Å²) in [4.78, 5) is 14.8. The highest BCUT2D eigenvalue weighted by Crippen LogP contribution is 2.29. The number of amides is 1. The second kappa shape index (κ2) is 10.4. The van der Waals surface area contributed by atoms with E-state index in [0.717, 1.165) is 42.2 Å². The van der Waals surface area contributed by atoms with Crippen LogP contribution < -0.4 is 10.6 Å². The number of aryl methyl sites for hydroxylation is 1. The van der Waals surface area contributed by atoms with Gasteiger partial charge in [-0.05, 0) is 49.2 Å². The number of piperazine rings is 1. The fourth-order valence-electron chi connectivity index (χ4n) is 4.19. The zero-order chi connectivity index (χ0) is 24.1. The largest absolute Gasteiger partial charge is 0.416 e. The van der Waals surface area contributed by atoms with E-state index in [1.165, 1.54) is 12.1 Å². The molecule has 34 heavy (non-hydrogen) atoms. The number of para-hydroxylation sites is 1. The van der Waals surface area contributed by atoms with Gasteiger partial charge >= 0.3 is 6.18 Å². The maximum Gasteiger partial charge on any atom is 0.416 e. The second-order valence-electron chi connectivity index (χ2n) is 8.53. The van der Waals surface area contributed by atoms with Gasteiger partial charge in [0.2, 0.25) is 5.91 Å². The first-order valence-corrected chi connectivity index (χ1v) is 11.3. The number of halogens is 3. The molecule has 6 nitrogen and oxygen atoms in total. The Morgan fingerprint density at radius 2 is 1.88 bits per heavy atom. The van der Waals surface area contributed by atoms with Crippen LogP contribution in [0.15, 0.2) is 60.7 Å². The molecule has 2 N–H and O–H groups in total. The Kier molecular flexibility index (Phi) is 7.33. The third kappa shape index (κ3) is 6.03. The van der Waals surface area contributed by atoms with Gasteiger partial charge in [-0.25, -0.2) is 4.68 Å². The van der Waals surface area contributed by atoms with Crippen LogP contribution in [0, 0.1) is 6.92 Å². The summed E-state index contributed by atoms with van der Waals surface area (Å²) < 4.78 is 40.3. The van der Waals surface area contributed by atoms with Crippen molar-refractivity contribution >= 4 is 5.91 Å². The Morgan fingerprint density at radius 3 is 2.59 bits per heavy atom. The molecule has 9 heteroatoms. The van der Waals surface area contributed by atoms with Crippen molar-refractivity contribution in [3.63, 3.8) is 0 Å². The molecule has 1 unspecified atom stereocenters. The summed E-state index contributed by atoms with van der Waals surface area (Å²) in [5, 5.41) is 10.9. The molecule has 1 aliphatic rings. The van der Waals surface area contributed by atoms with Crippen molar-refractivity contribution in [3.05, 3.63) is 83.2 Å². The number of benzene rings is 2. The van der Waals surface area contributed by atoms with Crippen LogP contribution >= 0.6 is 0 Å². The zero-order valence-corrected chi connectivity index (χ0v) is 19.0. The minimum atomic E-state index is -4.34. The van der Waals surface area contributed by atoms with Gasteiger partial charge in [0.25, 0.3) is 0 Å². The zero-order valence-electron chi connectivity index (χ0n) is 19.0. The lowest BCUT2D eigenvalue weighted by atomic mass is 10.0. The number of hydrogen-bond acceptors (Lipinski definition) is 4. The van der Waals surface area contributed by atoms with Gasteiger partial charge in [-0.15, -0.1) is 0 Å². The number of hydrogen-bond donors (Lipinski definition) is 2. The molecule has 3 aromatic rings. The molecule has 1 saturated heterocycles. The minimum Gasteiger partial charge on any atom is -0.343 e. The first kappa shape index (κ1) is 24.0. The Balaban J connectivity index is 1.32. The van der Waals surface area contributed by atoms with E-state index in [-0.39, 0.29) is 18.4 Å². The highest BCUT2D eigenvalue weighted by atomic mass is 19.4. The molecule has 0 spiro atoms. The van der Waals surface area contributed by atoms with Crippen molar-refractivity contribution in [1.29, 1.82) is 0 Å². The molecule has 0 aliphatic carbocycles. The first-order valence-electron chi connectivity index (χ1n) is 11.3. The Labute approximate surface area is 196 Å². The SMILES string of the molecule is Cc1cc(CC(=O)NCN2CCNCC2Cc2ccc(C(F)(F)F)cc2)nn1-c1ccccc1. The predicted molar refractivity (Wildman–Crippen MR) is 124 cm³/mol. The number of alkyl halides is 3. The van der Waals surface area contributed by atoms with Crippen molar-refractivity contribution in [2.45, 2.75) is 32.0 Å². The fourth-order valence-corrected chi connectivity index (χ4v) is 4.19. The number of carbonyl (C=O) groups excluding carboxylic acids is 1. The summed E-state index contributed by atoms with van der Waals surface area (Å²) in [6.07, 6.45) is -3.56. The van der Waals surface area contributed by atoms with Crippen LogP contribution in [0.5, 0.6) is 0 Å². The van der Waals surface area contributed by atoms with Crippen LogP contribution in [0.3, 0.4) is 0 Å². The third-order valence-electron chi connectivity index (χ3n) is 5.98. The van der Waals surface area contributed by atoms with E-state index in [0.29, 0.717) is 25.3 Å². The van der Waals surface area contributed by atoms with Gasteiger partial charge < -0.3 is 10.6 Å². The van der Waals surface area contributed by atoms with Crippen molar-refractivity contribution in [3.8, 4) is 5.69 Å². The number of nitrogens with zero attached hydrogens (tertiary/aromatic N) is 3. The lowest BCUT2D eigenvalue weighted by Crippen LogP contribution is -2.55. The van der Waals surface area contributed by atoms with Gasteiger partial charge in [-0.3, -0.25) is 9.69 Å². The van der Waals surface area contributed by atoms with E-state index in [2.05, 4.69) is 20.6 Å². The van der Waals surface area contributed by atoms with Crippen LogP contribution in [-0.4, -0.2) is 52.9 Å².